The summed E-state index contributed by atoms with van der Waals surface area (Å²) >= 11 is 3.30. The number of carbonyl (C=O) groups is 2. The molecule has 3 aromatic rings. The van der Waals surface area contributed by atoms with Crippen LogP contribution in [0.15, 0.2) is 56.1 Å². The molecule has 0 unspecified atom stereocenters. The van der Waals surface area contributed by atoms with Crippen molar-refractivity contribution < 1.29 is 23.8 Å². The maximum absolute atomic E-state index is 12.3. The van der Waals surface area contributed by atoms with Gasteiger partial charge in [0.1, 0.15) is 22.6 Å². The summed E-state index contributed by atoms with van der Waals surface area (Å²) < 4.78 is 10.8. The van der Waals surface area contributed by atoms with E-state index in [2.05, 4.69) is 26.8 Å². The first-order chi connectivity index (χ1) is 12.9. The first-order valence-electron chi connectivity index (χ1n) is 7.60. The lowest BCUT2D eigenvalue weighted by atomic mass is 10.1. The van der Waals surface area contributed by atoms with Gasteiger partial charge in [0.15, 0.2) is 0 Å². The van der Waals surface area contributed by atoms with Crippen molar-refractivity contribution >= 4 is 38.7 Å². The van der Waals surface area contributed by atoms with Gasteiger partial charge in [0.2, 0.25) is 0 Å². The van der Waals surface area contributed by atoms with E-state index in [1.165, 1.54) is 31.4 Å². The molecule has 0 radical (unpaired) electrons. The minimum absolute atomic E-state index is 0.107. The van der Waals surface area contributed by atoms with Crippen molar-refractivity contribution in [1.29, 1.82) is 0 Å². The van der Waals surface area contributed by atoms with E-state index in [1.54, 1.807) is 18.2 Å². The third kappa shape index (κ3) is 3.93. The number of phenols is 1. The molecule has 138 valence electrons. The largest absolute Gasteiger partial charge is 0.507 e. The Morgan fingerprint density at radius 3 is 2.44 bits per heavy atom. The number of ether oxygens (including phenoxy) is 1. The van der Waals surface area contributed by atoms with Crippen molar-refractivity contribution in [1.82, 2.24) is 10.9 Å². The van der Waals surface area contributed by atoms with E-state index >= 15 is 0 Å². The van der Waals surface area contributed by atoms with Crippen molar-refractivity contribution in [3.8, 4) is 11.5 Å². The summed E-state index contributed by atoms with van der Waals surface area (Å²) in [5.74, 6) is -1.59. The van der Waals surface area contributed by atoms with E-state index in [0.29, 0.717) is 16.7 Å². The van der Waals surface area contributed by atoms with Crippen LogP contribution >= 0.6 is 15.9 Å². The number of hydrazine groups is 1. The van der Waals surface area contributed by atoms with Gasteiger partial charge in [-0.3, -0.25) is 20.4 Å². The Morgan fingerprint density at radius 1 is 1.04 bits per heavy atom. The highest BCUT2D eigenvalue weighted by Crippen LogP contribution is 2.22. The summed E-state index contributed by atoms with van der Waals surface area (Å²) in [5, 5.41) is 10.3. The third-order valence-corrected chi connectivity index (χ3v) is 4.17. The molecule has 0 saturated carbocycles. The highest BCUT2D eigenvalue weighted by Gasteiger charge is 2.17. The summed E-state index contributed by atoms with van der Waals surface area (Å²) in [6.07, 6.45) is 0. The fourth-order valence-electron chi connectivity index (χ4n) is 2.32. The van der Waals surface area contributed by atoms with Crippen LogP contribution in [-0.2, 0) is 0 Å². The van der Waals surface area contributed by atoms with Gasteiger partial charge in [-0.05, 0) is 42.5 Å². The Kier molecular flexibility index (Phi) is 5.13. The summed E-state index contributed by atoms with van der Waals surface area (Å²) in [6.45, 7) is 0. The van der Waals surface area contributed by atoms with Gasteiger partial charge in [-0.1, -0.05) is 15.9 Å². The van der Waals surface area contributed by atoms with Crippen LogP contribution in [0.3, 0.4) is 0 Å². The normalized spacial score (nSPS) is 10.4. The van der Waals surface area contributed by atoms with E-state index in [1.807, 2.05) is 0 Å². The van der Waals surface area contributed by atoms with E-state index in [9.17, 15) is 19.5 Å². The lowest BCUT2D eigenvalue weighted by Crippen LogP contribution is -2.43. The molecule has 0 aliphatic carbocycles. The van der Waals surface area contributed by atoms with Crippen LogP contribution in [0.4, 0.5) is 0 Å². The van der Waals surface area contributed by atoms with Crippen LogP contribution in [0.5, 0.6) is 11.5 Å². The number of methoxy groups -OCH3 is 1. The molecule has 2 amide bonds. The average Bonchev–Trinajstić information content (AvgIpc) is 2.66. The van der Waals surface area contributed by atoms with Crippen molar-refractivity contribution in [2.75, 3.05) is 7.11 Å². The molecule has 3 rings (SSSR count). The molecule has 2 aromatic carbocycles. The van der Waals surface area contributed by atoms with Gasteiger partial charge in [-0.2, -0.15) is 0 Å². The van der Waals surface area contributed by atoms with E-state index in [0.717, 1.165) is 4.47 Å². The van der Waals surface area contributed by atoms with Gasteiger partial charge in [-0.15, -0.1) is 0 Å². The Balaban J connectivity index is 1.80. The molecule has 0 aliphatic rings. The number of amides is 2. The van der Waals surface area contributed by atoms with Gasteiger partial charge in [-0.25, -0.2) is 4.79 Å². The molecule has 0 spiro atoms. The minimum atomic E-state index is -0.860. The smallest absolute Gasteiger partial charge is 0.349 e. The lowest BCUT2D eigenvalue weighted by Gasteiger charge is -2.09. The molecule has 0 bridgehead atoms. The van der Waals surface area contributed by atoms with Crippen molar-refractivity contribution in [2.45, 2.75) is 0 Å². The average molecular weight is 433 g/mol. The summed E-state index contributed by atoms with van der Waals surface area (Å²) in [6, 6.07) is 10.4. The highest BCUT2D eigenvalue weighted by molar-refractivity contribution is 9.10. The first-order valence-corrected chi connectivity index (χ1v) is 8.39. The highest BCUT2D eigenvalue weighted by atomic mass is 79.9. The van der Waals surface area contributed by atoms with Gasteiger partial charge < -0.3 is 14.3 Å². The number of hydrogen-bond acceptors (Lipinski definition) is 6. The molecule has 9 heteroatoms. The molecule has 1 heterocycles. The molecule has 8 nitrogen and oxygen atoms in total. The van der Waals surface area contributed by atoms with E-state index < -0.39 is 17.4 Å². The molecular formula is C18H13BrN2O6. The molecule has 27 heavy (non-hydrogen) atoms. The zero-order valence-corrected chi connectivity index (χ0v) is 15.5. The second kappa shape index (κ2) is 7.50. The summed E-state index contributed by atoms with van der Waals surface area (Å²) in [4.78, 5) is 36.4. The zero-order valence-electron chi connectivity index (χ0n) is 13.9. The zero-order chi connectivity index (χ0) is 19.6. The van der Waals surface area contributed by atoms with Crippen molar-refractivity contribution in [2.24, 2.45) is 0 Å². The van der Waals surface area contributed by atoms with E-state index in [4.69, 9.17) is 9.15 Å². The SMILES string of the molecule is COc1ccc(O)c(C(=O)NNC(=O)c2cc3cc(Br)ccc3oc2=O)c1. The standard InChI is InChI=1S/C18H13BrN2O6/c1-26-11-3-4-14(22)12(8-11)16(23)20-21-17(24)13-7-9-6-10(19)2-5-15(9)27-18(13)25/h2-8,22H,1H3,(H,20,23)(H,21,24). The molecule has 0 atom stereocenters. The van der Waals surface area contributed by atoms with Crippen LogP contribution in [0, 0.1) is 0 Å². The Labute approximate surface area is 160 Å². The summed E-state index contributed by atoms with van der Waals surface area (Å²) in [7, 11) is 1.41. The molecule has 0 aliphatic heterocycles. The number of phenolic OH excluding ortho intramolecular Hbond substituents is 1. The van der Waals surface area contributed by atoms with Crippen molar-refractivity contribution in [3.05, 3.63) is 68.5 Å². The fraction of sp³-hybridized carbons (Fsp3) is 0.0556. The maximum atomic E-state index is 12.3. The second-order valence-corrected chi connectivity index (χ2v) is 6.34. The number of benzene rings is 2. The Hall–Kier alpha value is -3.33. The molecular weight excluding hydrogens is 420 g/mol. The number of aromatic hydroxyl groups is 1. The monoisotopic (exact) mass is 432 g/mol. The Bertz CT molecular complexity index is 1110. The lowest BCUT2D eigenvalue weighted by molar-refractivity contribution is 0.0843. The molecule has 0 saturated heterocycles. The molecule has 1 aromatic heterocycles. The number of nitrogens with one attached hydrogen (secondary N) is 2. The third-order valence-electron chi connectivity index (χ3n) is 3.68. The molecule has 3 N–H and O–H groups in total. The number of hydrogen-bond donors (Lipinski definition) is 3. The number of carbonyl (C=O) groups excluding carboxylic acids is 2. The minimum Gasteiger partial charge on any atom is -0.507 e. The van der Waals surface area contributed by atoms with Gasteiger partial charge in [0.25, 0.3) is 11.8 Å². The first kappa shape index (κ1) is 18.5. The second-order valence-electron chi connectivity index (χ2n) is 5.42. The quantitative estimate of drug-likeness (QED) is 0.431. The van der Waals surface area contributed by atoms with Crippen LogP contribution in [0.25, 0.3) is 11.0 Å². The van der Waals surface area contributed by atoms with Crippen LogP contribution < -0.4 is 21.2 Å². The topological polar surface area (TPSA) is 118 Å². The number of rotatable bonds is 3. The van der Waals surface area contributed by atoms with Gasteiger partial charge >= 0.3 is 5.63 Å². The van der Waals surface area contributed by atoms with Gasteiger partial charge in [0, 0.05) is 9.86 Å². The number of fused-ring (bicyclic) bond motifs is 1. The van der Waals surface area contributed by atoms with Crippen LogP contribution in [0.2, 0.25) is 0 Å². The van der Waals surface area contributed by atoms with E-state index in [-0.39, 0.29) is 16.9 Å². The van der Waals surface area contributed by atoms with Crippen molar-refractivity contribution in [3.63, 3.8) is 0 Å². The molecule has 0 fully saturated rings. The Morgan fingerprint density at radius 2 is 1.74 bits per heavy atom. The maximum Gasteiger partial charge on any atom is 0.349 e. The number of halogens is 1. The van der Waals surface area contributed by atoms with Crippen LogP contribution in [0.1, 0.15) is 20.7 Å². The summed E-state index contributed by atoms with van der Waals surface area (Å²) in [5.41, 5.74) is 3.34. The predicted molar refractivity (Wildman–Crippen MR) is 99.8 cm³/mol. The predicted octanol–water partition coefficient (Wildman–Crippen LogP) is 2.34. The van der Waals surface area contributed by atoms with Gasteiger partial charge in [0.05, 0.1) is 12.7 Å². The van der Waals surface area contributed by atoms with Crippen LogP contribution in [-0.4, -0.2) is 24.0 Å². The fourth-order valence-corrected chi connectivity index (χ4v) is 2.70.